The van der Waals surface area contributed by atoms with E-state index < -0.39 is 9.84 Å². The highest BCUT2D eigenvalue weighted by Crippen LogP contribution is 2.24. The summed E-state index contributed by atoms with van der Waals surface area (Å²) in [6.45, 7) is 3.60. The number of nitrogens with one attached hydrogen (secondary N) is 1. The number of nitrogens with two attached hydrogens (primary N) is 1. The number of aromatic nitrogens is 1. The maximum atomic E-state index is 11.4. The van der Waals surface area contributed by atoms with E-state index in [9.17, 15) is 8.42 Å². The molecule has 1 atom stereocenters. The molecule has 5 nitrogen and oxygen atoms in total. The Balaban J connectivity index is 2.52. The van der Waals surface area contributed by atoms with Crippen molar-refractivity contribution in [1.82, 2.24) is 10.4 Å². The molecule has 0 aliphatic rings. The van der Waals surface area contributed by atoms with Gasteiger partial charge in [0, 0.05) is 10.6 Å². The standard InChI is InChI=1S/C10H19N3O2S2/c1-3-17(14,15)6-4-5-9(13-11)10-8(2)12-7-16-10/h7,9,13H,3-6,11H2,1-2H3. The van der Waals surface area contributed by atoms with Crippen LogP contribution in [0.2, 0.25) is 0 Å². The van der Waals surface area contributed by atoms with Gasteiger partial charge in [-0.1, -0.05) is 6.92 Å². The SMILES string of the molecule is CCS(=O)(=O)CCCC(NN)c1scnc1C. The van der Waals surface area contributed by atoms with Crippen molar-refractivity contribution < 1.29 is 8.42 Å². The Morgan fingerprint density at radius 1 is 1.59 bits per heavy atom. The average Bonchev–Trinajstić information content (AvgIpc) is 2.71. The molecule has 0 saturated heterocycles. The quantitative estimate of drug-likeness (QED) is 0.577. The largest absolute Gasteiger partial charge is 0.271 e. The number of nitrogens with zero attached hydrogens (tertiary/aromatic N) is 1. The molecule has 1 heterocycles. The molecule has 98 valence electrons. The number of hydrogen-bond acceptors (Lipinski definition) is 6. The second kappa shape index (κ2) is 6.44. The number of sulfone groups is 1. The van der Waals surface area contributed by atoms with Gasteiger partial charge in [-0.25, -0.2) is 13.4 Å². The van der Waals surface area contributed by atoms with E-state index in [4.69, 9.17) is 5.84 Å². The fraction of sp³-hybridized carbons (Fsp3) is 0.700. The molecule has 1 aromatic heterocycles. The predicted octanol–water partition coefficient (Wildman–Crippen LogP) is 1.17. The lowest BCUT2D eigenvalue weighted by Gasteiger charge is -2.14. The maximum Gasteiger partial charge on any atom is 0.150 e. The monoisotopic (exact) mass is 277 g/mol. The number of hydrazine groups is 1. The highest BCUT2D eigenvalue weighted by Gasteiger charge is 2.16. The zero-order valence-electron chi connectivity index (χ0n) is 10.1. The summed E-state index contributed by atoms with van der Waals surface area (Å²) in [5.74, 6) is 5.92. The van der Waals surface area contributed by atoms with Gasteiger partial charge in [0.25, 0.3) is 0 Å². The minimum absolute atomic E-state index is 0.00504. The molecule has 17 heavy (non-hydrogen) atoms. The molecule has 0 fully saturated rings. The maximum absolute atomic E-state index is 11.4. The molecule has 0 saturated carbocycles. The van der Waals surface area contributed by atoms with E-state index in [2.05, 4.69) is 10.4 Å². The fourth-order valence-electron chi connectivity index (χ4n) is 1.59. The van der Waals surface area contributed by atoms with E-state index in [1.54, 1.807) is 23.8 Å². The van der Waals surface area contributed by atoms with Gasteiger partial charge < -0.3 is 0 Å². The van der Waals surface area contributed by atoms with Crippen molar-refractivity contribution in [3.63, 3.8) is 0 Å². The lowest BCUT2D eigenvalue weighted by Crippen LogP contribution is -2.28. The van der Waals surface area contributed by atoms with Gasteiger partial charge in [0.05, 0.1) is 23.0 Å². The molecular formula is C10H19N3O2S2. The van der Waals surface area contributed by atoms with Crippen molar-refractivity contribution in [3.05, 3.63) is 16.1 Å². The Morgan fingerprint density at radius 2 is 2.29 bits per heavy atom. The van der Waals surface area contributed by atoms with Gasteiger partial charge in [0.2, 0.25) is 0 Å². The molecule has 0 aliphatic heterocycles. The first-order valence-corrected chi connectivity index (χ1v) is 8.26. The van der Waals surface area contributed by atoms with Crippen LogP contribution in [-0.4, -0.2) is 24.9 Å². The van der Waals surface area contributed by atoms with E-state index in [1.165, 1.54) is 0 Å². The fourth-order valence-corrected chi connectivity index (χ4v) is 3.38. The van der Waals surface area contributed by atoms with Gasteiger partial charge in [0.15, 0.2) is 0 Å². The van der Waals surface area contributed by atoms with Crippen LogP contribution in [0.3, 0.4) is 0 Å². The summed E-state index contributed by atoms with van der Waals surface area (Å²) in [6.07, 6.45) is 1.32. The molecule has 0 aliphatic carbocycles. The minimum Gasteiger partial charge on any atom is -0.271 e. The van der Waals surface area contributed by atoms with Gasteiger partial charge in [-0.05, 0) is 19.8 Å². The summed E-state index contributed by atoms with van der Waals surface area (Å²) < 4.78 is 22.7. The van der Waals surface area contributed by atoms with Crippen molar-refractivity contribution in [2.75, 3.05) is 11.5 Å². The Bertz CT molecular complexity index is 442. The third-order valence-electron chi connectivity index (χ3n) is 2.69. The highest BCUT2D eigenvalue weighted by molar-refractivity contribution is 7.91. The van der Waals surface area contributed by atoms with Crippen LogP contribution in [0.5, 0.6) is 0 Å². The molecule has 1 aromatic rings. The Kier molecular flexibility index (Phi) is 5.51. The summed E-state index contributed by atoms with van der Waals surface area (Å²) in [5, 5.41) is 0. The molecule has 7 heteroatoms. The number of aryl methyl sites for hydroxylation is 1. The van der Waals surface area contributed by atoms with Crippen molar-refractivity contribution in [1.29, 1.82) is 0 Å². The number of hydrogen-bond donors (Lipinski definition) is 2. The van der Waals surface area contributed by atoms with E-state index >= 15 is 0 Å². The van der Waals surface area contributed by atoms with Crippen LogP contribution >= 0.6 is 11.3 Å². The molecule has 0 radical (unpaired) electrons. The summed E-state index contributed by atoms with van der Waals surface area (Å²) in [6, 6.07) is -0.00504. The van der Waals surface area contributed by atoms with Crippen molar-refractivity contribution in [2.45, 2.75) is 32.7 Å². The van der Waals surface area contributed by atoms with Gasteiger partial charge in [-0.15, -0.1) is 11.3 Å². The smallest absolute Gasteiger partial charge is 0.150 e. The van der Waals surface area contributed by atoms with Gasteiger partial charge >= 0.3 is 0 Å². The molecule has 1 unspecified atom stereocenters. The summed E-state index contributed by atoms with van der Waals surface area (Å²) >= 11 is 1.54. The lowest BCUT2D eigenvalue weighted by atomic mass is 10.1. The molecule has 3 N–H and O–H groups in total. The zero-order chi connectivity index (χ0) is 12.9. The molecule has 0 bridgehead atoms. The lowest BCUT2D eigenvalue weighted by molar-refractivity contribution is 0.511. The van der Waals surface area contributed by atoms with E-state index in [0.717, 1.165) is 10.6 Å². The number of rotatable bonds is 7. The van der Waals surface area contributed by atoms with Crippen LogP contribution in [0.15, 0.2) is 5.51 Å². The van der Waals surface area contributed by atoms with Crippen molar-refractivity contribution in [3.8, 4) is 0 Å². The van der Waals surface area contributed by atoms with Gasteiger partial charge in [-0.2, -0.15) is 0 Å². The normalized spacial score (nSPS) is 13.8. The summed E-state index contributed by atoms with van der Waals surface area (Å²) in [5.41, 5.74) is 5.46. The second-order valence-electron chi connectivity index (χ2n) is 3.90. The number of thiazole rings is 1. The van der Waals surface area contributed by atoms with E-state index in [-0.39, 0.29) is 17.5 Å². The van der Waals surface area contributed by atoms with E-state index in [0.29, 0.717) is 12.8 Å². The average molecular weight is 277 g/mol. The molecule has 0 spiro atoms. The third kappa shape index (κ3) is 4.34. The van der Waals surface area contributed by atoms with E-state index in [1.807, 2.05) is 6.92 Å². The Morgan fingerprint density at radius 3 is 2.76 bits per heavy atom. The predicted molar refractivity (Wildman–Crippen MR) is 70.5 cm³/mol. The van der Waals surface area contributed by atoms with Crippen LogP contribution in [0.1, 0.15) is 36.4 Å². The summed E-state index contributed by atoms with van der Waals surface area (Å²) in [7, 11) is -2.88. The third-order valence-corrected chi connectivity index (χ3v) is 5.52. The first-order chi connectivity index (χ1) is 8.00. The molecule has 0 aromatic carbocycles. The Hall–Kier alpha value is -0.500. The molecule has 0 amide bonds. The first-order valence-electron chi connectivity index (χ1n) is 5.56. The van der Waals surface area contributed by atoms with Gasteiger partial charge in [0.1, 0.15) is 9.84 Å². The summed E-state index contributed by atoms with van der Waals surface area (Å²) in [4.78, 5) is 5.25. The topological polar surface area (TPSA) is 85.1 Å². The Labute approximate surface area is 106 Å². The van der Waals surface area contributed by atoms with Crippen LogP contribution in [0.4, 0.5) is 0 Å². The van der Waals surface area contributed by atoms with Crippen LogP contribution in [-0.2, 0) is 9.84 Å². The second-order valence-corrected chi connectivity index (χ2v) is 7.26. The zero-order valence-corrected chi connectivity index (χ0v) is 11.8. The first kappa shape index (κ1) is 14.6. The van der Waals surface area contributed by atoms with Crippen LogP contribution < -0.4 is 11.3 Å². The van der Waals surface area contributed by atoms with Crippen molar-refractivity contribution >= 4 is 21.2 Å². The van der Waals surface area contributed by atoms with Crippen molar-refractivity contribution in [2.24, 2.45) is 5.84 Å². The molecular weight excluding hydrogens is 258 g/mol. The van der Waals surface area contributed by atoms with Crippen LogP contribution in [0, 0.1) is 6.92 Å². The van der Waals surface area contributed by atoms with Gasteiger partial charge in [-0.3, -0.25) is 11.3 Å². The minimum atomic E-state index is -2.88. The molecule has 1 rings (SSSR count). The van der Waals surface area contributed by atoms with Crippen LogP contribution in [0.25, 0.3) is 0 Å². The highest BCUT2D eigenvalue weighted by atomic mass is 32.2.